The first kappa shape index (κ1) is 16.7. The molecule has 0 spiro atoms. The summed E-state index contributed by atoms with van der Waals surface area (Å²) < 4.78 is 0. The van der Waals surface area contributed by atoms with Crippen LogP contribution in [0.5, 0.6) is 0 Å². The second kappa shape index (κ2) is 7.29. The summed E-state index contributed by atoms with van der Waals surface area (Å²) in [5.74, 6) is 3.10. The molecule has 3 aliphatic rings. The van der Waals surface area contributed by atoms with E-state index in [1.165, 1.54) is 42.8 Å². The Balaban J connectivity index is 1.29. The van der Waals surface area contributed by atoms with Crippen molar-refractivity contribution >= 4 is 17.6 Å². The third-order valence-corrected chi connectivity index (χ3v) is 6.02. The van der Waals surface area contributed by atoms with Crippen molar-refractivity contribution in [3.8, 4) is 0 Å². The van der Waals surface area contributed by atoms with Gasteiger partial charge in [-0.1, -0.05) is 0 Å². The smallest absolute Gasteiger partial charge is 0.227 e. The highest BCUT2D eigenvalue weighted by Crippen LogP contribution is 2.28. The Morgan fingerprint density at radius 2 is 1.48 bits per heavy atom. The van der Waals surface area contributed by atoms with Crippen LogP contribution in [0.1, 0.15) is 36.9 Å². The van der Waals surface area contributed by atoms with Gasteiger partial charge in [-0.3, -0.25) is 0 Å². The molecule has 0 unspecified atom stereocenters. The van der Waals surface area contributed by atoms with Crippen molar-refractivity contribution in [2.45, 2.75) is 38.5 Å². The monoisotopic (exact) mass is 365 g/mol. The van der Waals surface area contributed by atoms with Crippen LogP contribution in [0.2, 0.25) is 0 Å². The lowest BCUT2D eigenvalue weighted by molar-refractivity contribution is 0.619. The minimum Gasteiger partial charge on any atom is -0.353 e. The molecule has 0 N–H and O–H groups in total. The second-order valence-corrected chi connectivity index (χ2v) is 7.71. The van der Waals surface area contributed by atoms with Crippen molar-refractivity contribution < 1.29 is 0 Å². The third-order valence-electron chi connectivity index (χ3n) is 6.02. The first-order chi connectivity index (χ1) is 13.4. The number of aromatic nitrogens is 4. The van der Waals surface area contributed by atoms with E-state index in [-0.39, 0.29) is 0 Å². The van der Waals surface area contributed by atoms with Crippen molar-refractivity contribution in [2.75, 3.05) is 54.0 Å². The standard InChI is InChI=1S/C20H27N7/c1-2-6-17-16(5-1)19(23-15-22-17)26-13-11-25(12-14-26)18-7-8-21-20(24-18)27-9-3-4-10-27/h7-8,15H,1-6,9-14H2. The van der Waals surface area contributed by atoms with Gasteiger partial charge >= 0.3 is 0 Å². The number of anilines is 3. The Morgan fingerprint density at radius 1 is 0.704 bits per heavy atom. The van der Waals surface area contributed by atoms with E-state index in [0.29, 0.717) is 0 Å². The molecule has 2 aromatic heterocycles. The molecule has 2 aliphatic heterocycles. The van der Waals surface area contributed by atoms with Crippen LogP contribution in [0.15, 0.2) is 18.6 Å². The van der Waals surface area contributed by atoms with Crippen LogP contribution in [0, 0.1) is 0 Å². The molecule has 0 amide bonds. The van der Waals surface area contributed by atoms with Crippen LogP contribution in [0.4, 0.5) is 17.6 Å². The maximum absolute atomic E-state index is 4.84. The van der Waals surface area contributed by atoms with Gasteiger partial charge in [-0.15, -0.1) is 0 Å². The fourth-order valence-electron chi connectivity index (χ4n) is 4.51. The van der Waals surface area contributed by atoms with Crippen LogP contribution < -0.4 is 14.7 Å². The summed E-state index contributed by atoms with van der Waals surface area (Å²) in [6.45, 7) is 6.05. The van der Waals surface area contributed by atoms with Gasteiger partial charge in [-0.05, 0) is 44.6 Å². The molecule has 27 heavy (non-hydrogen) atoms. The molecule has 142 valence electrons. The fourth-order valence-corrected chi connectivity index (χ4v) is 4.51. The number of fused-ring (bicyclic) bond motifs is 1. The predicted octanol–water partition coefficient (Wildman–Crippen LogP) is 2.07. The van der Waals surface area contributed by atoms with Crippen molar-refractivity contribution in [1.82, 2.24) is 19.9 Å². The summed E-state index contributed by atoms with van der Waals surface area (Å²) in [5.41, 5.74) is 2.65. The zero-order valence-electron chi connectivity index (χ0n) is 15.8. The van der Waals surface area contributed by atoms with E-state index in [9.17, 15) is 0 Å². The van der Waals surface area contributed by atoms with Gasteiger partial charge in [-0.25, -0.2) is 15.0 Å². The molecular weight excluding hydrogens is 338 g/mol. The average Bonchev–Trinajstić information content (AvgIpc) is 3.29. The number of aryl methyl sites for hydroxylation is 1. The summed E-state index contributed by atoms with van der Waals surface area (Å²) in [5, 5.41) is 0. The normalized spacial score (nSPS) is 20.1. The summed E-state index contributed by atoms with van der Waals surface area (Å²) in [7, 11) is 0. The molecule has 2 aromatic rings. The van der Waals surface area contributed by atoms with Gasteiger partial charge < -0.3 is 14.7 Å². The van der Waals surface area contributed by atoms with E-state index < -0.39 is 0 Å². The number of hydrogen-bond acceptors (Lipinski definition) is 7. The van der Waals surface area contributed by atoms with Gasteiger partial charge in [0.1, 0.15) is 18.0 Å². The minimum absolute atomic E-state index is 0.886. The van der Waals surface area contributed by atoms with Crippen LogP contribution in [-0.2, 0) is 12.8 Å². The quantitative estimate of drug-likeness (QED) is 0.825. The zero-order chi connectivity index (χ0) is 18.1. The van der Waals surface area contributed by atoms with Crippen LogP contribution in [-0.4, -0.2) is 59.2 Å². The largest absolute Gasteiger partial charge is 0.353 e. The highest BCUT2D eigenvalue weighted by atomic mass is 15.3. The zero-order valence-corrected chi connectivity index (χ0v) is 15.8. The van der Waals surface area contributed by atoms with Crippen molar-refractivity contribution in [1.29, 1.82) is 0 Å². The van der Waals surface area contributed by atoms with Gasteiger partial charge in [0, 0.05) is 56.7 Å². The van der Waals surface area contributed by atoms with E-state index >= 15 is 0 Å². The molecule has 7 nitrogen and oxygen atoms in total. The Kier molecular flexibility index (Phi) is 4.51. The maximum Gasteiger partial charge on any atom is 0.227 e. The Bertz CT molecular complexity index is 795. The molecule has 0 aromatic carbocycles. The summed E-state index contributed by atoms with van der Waals surface area (Å²) in [4.78, 5) is 25.6. The Morgan fingerprint density at radius 3 is 2.33 bits per heavy atom. The lowest BCUT2D eigenvalue weighted by Crippen LogP contribution is -2.47. The van der Waals surface area contributed by atoms with Crippen LogP contribution in [0.25, 0.3) is 0 Å². The Labute approximate surface area is 160 Å². The van der Waals surface area contributed by atoms with Crippen molar-refractivity contribution in [3.63, 3.8) is 0 Å². The number of piperazine rings is 1. The molecule has 0 bridgehead atoms. The number of hydrogen-bond donors (Lipinski definition) is 0. The minimum atomic E-state index is 0.886. The van der Waals surface area contributed by atoms with E-state index in [4.69, 9.17) is 4.98 Å². The third kappa shape index (κ3) is 3.31. The molecule has 0 saturated carbocycles. The van der Waals surface area contributed by atoms with Gasteiger partial charge in [0.05, 0.1) is 0 Å². The number of rotatable bonds is 3. The number of nitrogens with zero attached hydrogens (tertiary/aromatic N) is 7. The van der Waals surface area contributed by atoms with E-state index in [1.807, 2.05) is 12.3 Å². The molecule has 0 atom stereocenters. The van der Waals surface area contributed by atoms with Crippen molar-refractivity contribution in [2.24, 2.45) is 0 Å². The average molecular weight is 365 g/mol. The van der Waals surface area contributed by atoms with E-state index in [2.05, 4.69) is 29.7 Å². The highest BCUT2D eigenvalue weighted by Gasteiger charge is 2.24. The second-order valence-electron chi connectivity index (χ2n) is 7.71. The lowest BCUT2D eigenvalue weighted by atomic mass is 9.96. The molecule has 2 fully saturated rings. The topological polar surface area (TPSA) is 61.3 Å². The maximum atomic E-state index is 4.84. The molecule has 0 radical (unpaired) electrons. The van der Waals surface area contributed by atoms with Crippen LogP contribution in [0.3, 0.4) is 0 Å². The van der Waals surface area contributed by atoms with Crippen LogP contribution >= 0.6 is 0 Å². The highest BCUT2D eigenvalue weighted by molar-refractivity contribution is 5.52. The molecule has 2 saturated heterocycles. The predicted molar refractivity (Wildman–Crippen MR) is 107 cm³/mol. The van der Waals surface area contributed by atoms with Gasteiger partial charge in [0.15, 0.2) is 0 Å². The summed E-state index contributed by atoms with van der Waals surface area (Å²) >= 11 is 0. The molecule has 5 rings (SSSR count). The molecule has 7 heteroatoms. The molecule has 4 heterocycles. The first-order valence-corrected chi connectivity index (χ1v) is 10.3. The van der Waals surface area contributed by atoms with Gasteiger partial charge in [0.25, 0.3) is 0 Å². The SMILES string of the molecule is c1cc(N2CCN(c3ncnc4c3CCCC4)CC2)nc(N2CCCC2)n1. The first-order valence-electron chi connectivity index (χ1n) is 10.3. The summed E-state index contributed by atoms with van der Waals surface area (Å²) in [6.07, 6.45) is 10.9. The summed E-state index contributed by atoms with van der Waals surface area (Å²) in [6, 6.07) is 2.04. The van der Waals surface area contributed by atoms with E-state index in [1.54, 1.807) is 6.33 Å². The lowest BCUT2D eigenvalue weighted by Gasteiger charge is -2.37. The molecular formula is C20H27N7. The Hall–Kier alpha value is -2.44. The van der Waals surface area contributed by atoms with Crippen molar-refractivity contribution in [3.05, 3.63) is 29.8 Å². The fraction of sp³-hybridized carbons (Fsp3) is 0.600. The van der Waals surface area contributed by atoms with Gasteiger partial charge in [0.2, 0.25) is 5.95 Å². The van der Waals surface area contributed by atoms with E-state index in [0.717, 1.165) is 63.9 Å². The molecule has 1 aliphatic carbocycles. The van der Waals surface area contributed by atoms with Gasteiger partial charge in [-0.2, -0.15) is 4.98 Å².